The van der Waals surface area contributed by atoms with Crippen LogP contribution in [0.4, 0.5) is 0 Å². The van der Waals surface area contributed by atoms with Gasteiger partial charge in [0, 0.05) is 7.05 Å². The summed E-state index contributed by atoms with van der Waals surface area (Å²) in [6, 6.07) is 1.83. The number of aryl methyl sites for hydroxylation is 1. The van der Waals surface area contributed by atoms with E-state index in [1.807, 2.05) is 13.1 Å². The van der Waals surface area contributed by atoms with Gasteiger partial charge in [0.2, 0.25) is 0 Å². The van der Waals surface area contributed by atoms with Crippen molar-refractivity contribution in [3.63, 3.8) is 0 Å². The van der Waals surface area contributed by atoms with Crippen molar-refractivity contribution < 1.29 is 0 Å². The van der Waals surface area contributed by atoms with E-state index in [9.17, 15) is 0 Å². The zero-order valence-electron chi connectivity index (χ0n) is 3.85. The minimum atomic E-state index is 1.11. The first-order valence-electron chi connectivity index (χ1n) is 1.86. The SMILES string of the molecule is Cn1n[c]cc1I. The van der Waals surface area contributed by atoms with E-state index in [4.69, 9.17) is 0 Å². The van der Waals surface area contributed by atoms with Crippen LogP contribution < -0.4 is 0 Å². The van der Waals surface area contributed by atoms with Crippen LogP contribution in [0.5, 0.6) is 0 Å². The highest BCUT2D eigenvalue weighted by atomic mass is 127. The summed E-state index contributed by atoms with van der Waals surface area (Å²) >= 11 is 2.19. The standard InChI is InChI=1S/C4H4IN2/c1-7-4(5)2-3-6-7/h2H,1H3. The molecule has 3 heteroatoms. The first-order valence-corrected chi connectivity index (χ1v) is 2.94. The predicted molar refractivity (Wildman–Crippen MR) is 34.8 cm³/mol. The maximum atomic E-state index is 3.80. The Balaban J connectivity index is 3.12. The summed E-state index contributed by atoms with van der Waals surface area (Å²) in [6.07, 6.45) is 2.70. The first kappa shape index (κ1) is 5.08. The van der Waals surface area contributed by atoms with Crippen molar-refractivity contribution >= 4 is 22.6 Å². The van der Waals surface area contributed by atoms with Crippen molar-refractivity contribution in [1.82, 2.24) is 9.78 Å². The largest absolute Gasteiger partial charge is 0.262 e. The highest BCUT2D eigenvalue weighted by Crippen LogP contribution is 1.97. The molecule has 1 aromatic heterocycles. The molecule has 0 aliphatic carbocycles. The third kappa shape index (κ3) is 0.933. The maximum absolute atomic E-state index is 3.80. The van der Waals surface area contributed by atoms with E-state index in [2.05, 4.69) is 33.9 Å². The highest BCUT2D eigenvalue weighted by Gasteiger charge is 1.86. The molecule has 1 rings (SSSR count). The molecule has 0 spiro atoms. The van der Waals surface area contributed by atoms with Crippen molar-refractivity contribution in [2.45, 2.75) is 0 Å². The molecule has 0 aromatic carbocycles. The van der Waals surface area contributed by atoms with Crippen molar-refractivity contribution in [3.05, 3.63) is 16.0 Å². The average Bonchev–Trinajstić information content (AvgIpc) is 1.91. The van der Waals surface area contributed by atoms with Crippen LogP contribution in [0.15, 0.2) is 6.07 Å². The van der Waals surface area contributed by atoms with E-state index in [1.165, 1.54) is 0 Å². The Labute approximate surface area is 55.7 Å². The van der Waals surface area contributed by atoms with Crippen LogP contribution in [0.2, 0.25) is 0 Å². The lowest BCUT2D eigenvalue weighted by Crippen LogP contribution is -1.90. The molecular weight excluding hydrogens is 203 g/mol. The lowest BCUT2D eigenvalue weighted by molar-refractivity contribution is 0.745. The third-order valence-electron chi connectivity index (χ3n) is 0.701. The Morgan fingerprint density at radius 1 is 2.00 bits per heavy atom. The highest BCUT2D eigenvalue weighted by molar-refractivity contribution is 14.1. The van der Waals surface area contributed by atoms with Gasteiger partial charge in [-0.1, -0.05) is 0 Å². The van der Waals surface area contributed by atoms with Gasteiger partial charge in [-0.05, 0) is 28.7 Å². The van der Waals surface area contributed by atoms with E-state index in [0.717, 1.165) is 3.70 Å². The zero-order valence-corrected chi connectivity index (χ0v) is 6.01. The molecule has 0 N–H and O–H groups in total. The molecule has 1 radical (unpaired) electrons. The predicted octanol–water partition coefficient (Wildman–Crippen LogP) is 0.825. The first-order chi connectivity index (χ1) is 3.30. The quantitative estimate of drug-likeness (QED) is 0.576. The number of rotatable bonds is 0. The van der Waals surface area contributed by atoms with E-state index in [-0.39, 0.29) is 0 Å². The number of nitrogens with zero attached hydrogens (tertiary/aromatic N) is 2. The van der Waals surface area contributed by atoms with Crippen LogP contribution in [0, 0.1) is 9.90 Å². The van der Waals surface area contributed by atoms with Gasteiger partial charge in [0.25, 0.3) is 0 Å². The minimum Gasteiger partial charge on any atom is -0.262 e. The monoisotopic (exact) mass is 207 g/mol. The summed E-state index contributed by atoms with van der Waals surface area (Å²) in [7, 11) is 1.89. The van der Waals surface area contributed by atoms with E-state index >= 15 is 0 Å². The van der Waals surface area contributed by atoms with Gasteiger partial charge in [-0.2, -0.15) is 5.10 Å². The fourth-order valence-electron chi connectivity index (χ4n) is 0.310. The summed E-state index contributed by atoms with van der Waals surface area (Å²) < 4.78 is 2.87. The number of hydrogen-bond donors (Lipinski definition) is 0. The van der Waals surface area contributed by atoms with Crippen LogP contribution in [0.1, 0.15) is 0 Å². The molecule has 0 amide bonds. The summed E-state index contributed by atoms with van der Waals surface area (Å²) in [5, 5.41) is 3.80. The summed E-state index contributed by atoms with van der Waals surface area (Å²) in [4.78, 5) is 0. The molecule has 37 valence electrons. The van der Waals surface area contributed by atoms with Gasteiger partial charge in [0.15, 0.2) is 0 Å². The third-order valence-corrected chi connectivity index (χ3v) is 1.71. The lowest BCUT2D eigenvalue weighted by atomic mass is 10.8. The molecule has 0 saturated heterocycles. The maximum Gasteiger partial charge on any atom is 0.114 e. The molecule has 0 aliphatic rings. The second kappa shape index (κ2) is 1.81. The Kier molecular flexibility index (Phi) is 1.32. The van der Waals surface area contributed by atoms with Crippen molar-refractivity contribution in [3.8, 4) is 0 Å². The Hall–Kier alpha value is -0.0600. The zero-order chi connectivity index (χ0) is 5.28. The Morgan fingerprint density at radius 3 is 2.86 bits per heavy atom. The fourth-order valence-corrected chi connectivity index (χ4v) is 0.557. The molecule has 0 atom stereocenters. The number of hydrogen-bond acceptors (Lipinski definition) is 1. The Bertz CT molecular complexity index is 142. The van der Waals surface area contributed by atoms with Crippen LogP contribution in [0.25, 0.3) is 0 Å². The van der Waals surface area contributed by atoms with Crippen LogP contribution >= 0.6 is 22.6 Å². The summed E-state index contributed by atoms with van der Waals surface area (Å²) in [6.45, 7) is 0. The molecule has 0 fully saturated rings. The van der Waals surface area contributed by atoms with Gasteiger partial charge in [-0.15, -0.1) is 0 Å². The number of halogens is 1. The van der Waals surface area contributed by atoms with Gasteiger partial charge in [0.05, 0.1) is 3.70 Å². The molecule has 2 nitrogen and oxygen atoms in total. The van der Waals surface area contributed by atoms with Gasteiger partial charge in [0.1, 0.15) is 6.20 Å². The van der Waals surface area contributed by atoms with Crippen LogP contribution in [-0.2, 0) is 7.05 Å². The van der Waals surface area contributed by atoms with E-state index < -0.39 is 0 Å². The normalized spacial score (nSPS) is 9.43. The smallest absolute Gasteiger partial charge is 0.114 e. The molecule has 7 heavy (non-hydrogen) atoms. The van der Waals surface area contributed by atoms with Crippen LogP contribution in [-0.4, -0.2) is 9.78 Å². The topological polar surface area (TPSA) is 17.8 Å². The average molecular weight is 207 g/mol. The molecule has 0 unspecified atom stereocenters. The Morgan fingerprint density at radius 2 is 2.71 bits per heavy atom. The summed E-state index contributed by atoms with van der Waals surface area (Å²) in [5.74, 6) is 0. The van der Waals surface area contributed by atoms with Gasteiger partial charge in [-0.25, -0.2) is 0 Å². The van der Waals surface area contributed by atoms with E-state index in [0.29, 0.717) is 0 Å². The molecule has 1 heterocycles. The fraction of sp³-hybridized carbons (Fsp3) is 0.250. The molecule has 0 saturated carbocycles. The van der Waals surface area contributed by atoms with E-state index in [1.54, 1.807) is 4.68 Å². The second-order valence-corrected chi connectivity index (χ2v) is 2.33. The van der Waals surface area contributed by atoms with Gasteiger partial charge >= 0.3 is 0 Å². The van der Waals surface area contributed by atoms with Gasteiger partial charge < -0.3 is 0 Å². The van der Waals surface area contributed by atoms with Gasteiger partial charge in [-0.3, -0.25) is 4.68 Å². The lowest BCUT2D eigenvalue weighted by Gasteiger charge is -1.85. The molecule has 1 aromatic rings. The van der Waals surface area contributed by atoms with Crippen molar-refractivity contribution in [1.29, 1.82) is 0 Å². The molecular formula is C4H4IN2. The summed E-state index contributed by atoms with van der Waals surface area (Å²) in [5.41, 5.74) is 0. The number of aromatic nitrogens is 2. The minimum absolute atomic E-state index is 1.11. The molecule has 0 bridgehead atoms. The second-order valence-electron chi connectivity index (χ2n) is 1.22. The van der Waals surface area contributed by atoms with Crippen molar-refractivity contribution in [2.24, 2.45) is 7.05 Å². The van der Waals surface area contributed by atoms with Crippen LogP contribution in [0.3, 0.4) is 0 Å². The molecule has 0 aliphatic heterocycles. The van der Waals surface area contributed by atoms with Crippen molar-refractivity contribution in [2.75, 3.05) is 0 Å².